The molecule has 1 aliphatic rings. The number of Topliss-reactive ketones (excluding diaryl/α,β-unsaturated/α-hetero) is 1. The van der Waals surface area contributed by atoms with E-state index in [0.29, 0.717) is 39.8 Å². The van der Waals surface area contributed by atoms with Crippen molar-refractivity contribution in [3.05, 3.63) is 82.4 Å². The molecule has 204 valence electrons. The number of carbonyl (C=O) groups is 2. The summed E-state index contributed by atoms with van der Waals surface area (Å²) in [5, 5.41) is 11.6. The zero-order valence-electron chi connectivity index (χ0n) is 23.2. The van der Waals surface area contributed by atoms with Gasteiger partial charge in [-0.15, -0.1) is 0 Å². The van der Waals surface area contributed by atoms with Crippen LogP contribution in [0.4, 0.5) is 5.69 Å². The summed E-state index contributed by atoms with van der Waals surface area (Å²) in [4.78, 5) is 28.5. The van der Waals surface area contributed by atoms with Gasteiger partial charge in [0.25, 0.3) is 11.7 Å². The minimum absolute atomic E-state index is 0.0252. The fourth-order valence-electron chi connectivity index (χ4n) is 4.79. The molecule has 1 saturated heterocycles. The van der Waals surface area contributed by atoms with Gasteiger partial charge in [-0.3, -0.25) is 14.5 Å². The molecule has 1 N–H and O–H groups in total. The first-order valence-electron chi connectivity index (χ1n) is 12.6. The van der Waals surface area contributed by atoms with Crippen molar-refractivity contribution >= 4 is 23.1 Å². The summed E-state index contributed by atoms with van der Waals surface area (Å²) in [6.45, 7) is 7.61. The Hall–Kier alpha value is -4.46. The number of ether oxygens (including phenoxy) is 4. The van der Waals surface area contributed by atoms with Crippen molar-refractivity contribution in [2.24, 2.45) is 0 Å². The fourth-order valence-corrected chi connectivity index (χ4v) is 4.79. The maximum Gasteiger partial charge on any atom is 0.300 e. The number of aryl methyl sites for hydroxylation is 2. The van der Waals surface area contributed by atoms with Gasteiger partial charge in [-0.25, -0.2) is 0 Å². The number of hydrogen-bond donors (Lipinski definition) is 1. The Balaban J connectivity index is 1.98. The molecule has 39 heavy (non-hydrogen) atoms. The van der Waals surface area contributed by atoms with Crippen LogP contribution >= 0.6 is 0 Å². The van der Waals surface area contributed by atoms with Crippen molar-refractivity contribution in [1.29, 1.82) is 0 Å². The van der Waals surface area contributed by atoms with Crippen LogP contribution < -0.4 is 23.8 Å². The summed E-state index contributed by atoms with van der Waals surface area (Å²) < 4.78 is 22.4. The van der Waals surface area contributed by atoms with E-state index in [0.717, 1.165) is 11.1 Å². The van der Waals surface area contributed by atoms with Crippen LogP contribution in [0.5, 0.6) is 23.0 Å². The molecule has 1 aliphatic heterocycles. The highest BCUT2D eigenvalue weighted by atomic mass is 16.5. The number of anilines is 1. The number of benzene rings is 3. The van der Waals surface area contributed by atoms with E-state index in [2.05, 4.69) is 0 Å². The molecule has 1 amide bonds. The fraction of sp³-hybridized carbons (Fsp3) is 0.290. The van der Waals surface area contributed by atoms with E-state index in [-0.39, 0.29) is 17.4 Å². The second-order valence-corrected chi connectivity index (χ2v) is 9.61. The first kappa shape index (κ1) is 27.6. The van der Waals surface area contributed by atoms with Gasteiger partial charge < -0.3 is 24.1 Å². The quantitative estimate of drug-likeness (QED) is 0.225. The number of carbonyl (C=O) groups excluding carboxylic acids is 2. The summed E-state index contributed by atoms with van der Waals surface area (Å²) in [5.74, 6) is -0.0947. The predicted molar refractivity (Wildman–Crippen MR) is 149 cm³/mol. The third-order valence-electron chi connectivity index (χ3n) is 6.54. The molecule has 3 aromatic rings. The molecular weight excluding hydrogens is 498 g/mol. The van der Waals surface area contributed by atoms with Crippen LogP contribution in [0.25, 0.3) is 5.76 Å². The molecule has 1 heterocycles. The van der Waals surface area contributed by atoms with E-state index >= 15 is 0 Å². The Bertz CT molecular complexity index is 1430. The Morgan fingerprint density at radius 3 is 2.08 bits per heavy atom. The van der Waals surface area contributed by atoms with E-state index < -0.39 is 17.7 Å². The third kappa shape index (κ3) is 5.14. The number of rotatable bonds is 8. The zero-order valence-corrected chi connectivity index (χ0v) is 23.2. The number of aliphatic hydroxyl groups excluding tert-OH is 1. The number of nitrogens with zero attached hydrogens (tertiary/aromatic N) is 1. The molecule has 4 rings (SSSR count). The predicted octanol–water partition coefficient (Wildman–Crippen LogP) is 5.74. The van der Waals surface area contributed by atoms with Crippen LogP contribution in [-0.4, -0.2) is 44.2 Å². The maximum absolute atomic E-state index is 13.6. The van der Waals surface area contributed by atoms with Gasteiger partial charge in [0, 0.05) is 11.3 Å². The minimum atomic E-state index is -0.965. The van der Waals surface area contributed by atoms with Crippen molar-refractivity contribution in [2.75, 3.05) is 26.2 Å². The highest BCUT2D eigenvalue weighted by Crippen LogP contribution is 2.47. The molecule has 0 spiro atoms. The largest absolute Gasteiger partial charge is 0.507 e. The summed E-state index contributed by atoms with van der Waals surface area (Å²) in [7, 11) is 4.47. The normalized spacial score (nSPS) is 16.5. The van der Waals surface area contributed by atoms with Gasteiger partial charge in [-0.2, -0.15) is 0 Å². The van der Waals surface area contributed by atoms with Gasteiger partial charge in [0.15, 0.2) is 11.5 Å². The smallest absolute Gasteiger partial charge is 0.300 e. The Morgan fingerprint density at radius 1 is 0.872 bits per heavy atom. The lowest BCUT2D eigenvalue weighted by Gasteiger charge is -2.27. The van der Waals surface area contributed by atoms with E-state index in [9.17, 15) is 14.7 Å². The molecule has 1 unspecified atom stereocenters. The minimum Gasteiger partial charge on any atom is -0.507 e. The Morgan fingerprint density at radius 2 is 1.54 bits per heavy atom. The average Bonchev–Trinajstić information content (AvgIpc) is 3.18. The number of ketones is 1. The molecule has 0 saturated carbocycles. The van der Waals surface area contributed by atoms with Gasteiger partial charge in [-0.05, 0) is 86.8 Å². The molecule has 0 bridgehead atoms. The summed E-state index contributed by atoms with van der Waals surface area (Å²) >= 11 is 0. The first-order valence-corrected chi connectivity index (χ1v) is 12.6. The second-order valence-electron chi connectivity index (χ2n) is 9.61. The molecule has 1 fully saturated rings. The maximum atomic E-state index is 13.6. The van der Waals surface area contributed by atoms with Crippen LogP contribution in [0.1, 0.15) is 42.1 Å². The number of methoxy groups -OCH3 is 3. The lowest BCUT2D eigenvalue weighted by atomic mass is 9.94. The van der Waals surface area contributed by atoms with Gasteiger partial charge >= 0.3 is 0 Å². The first-order chi connectivity index (χ1) is 18.6. The van der Waals surface area contributed by atoms with Crippen molar-refractivity contribution in [2.45, 2.75) is 39.8 Å². The lowest BCUT2D eigenvalue weighted by molar-refractivity contribution is -0.132. The van der Waals surface area contributed by atoms with Gasteiger partial charge in [0.05, 0.1) is 39.0 Å². The molecule has 0 aromatic heterocycles. The van der Waals surface area contributed by atoms with E-state index in [1.807, 2.05) is 45.9 Å². The van der Waals surface area contributed by atoms with Crippen molar-refractivity contribution in [3.8, 4) is 23.0 Å². The standard InChI is InChI=1S/C31H33NO7/c1-17(2)39-23-12-11-20(14-19(23)4)28(33)26-27(21-15-24(36-5)30(38-7)25(16-21)37-6)32(31(35)29(26)34)22-10-8-9-18(3)13-22/h8-17,27,33H,1-7H3/b28-26+. The molecule has 8 nitrogen and oxygen atoms in total. The van der Waals surface area contributed by atoms with Gasteiger partial charge in [0.2, 0.25) is 5.75 Å². The van der Waals surface area contributed by atoms with Crippen molar-refractivity contribution in [3.63, 3.8) is 0 Å². The third-order valence-corrected chi connectivity index (χ3v) is 6.54. The second kappa shape index (κ2) is 11.1. The van der Waals surface area contributed by atoms with Crippen LogP contribution in [0, 0.1) is 13.8 Å². The highest BCUT2D eigenvalue weighted by Gasteiger charge is 2.47. The van der Waals surface area contributed by atoms with Crippen molar-refractivity contribution < 1.29 is 33.6 Å². The molecule has 1 atom stereocenters. The van der Waals surface area contributed by atoms with Crippen LogP contribution in [0.15, 0.2) is 60.2 Å². The number of aliphatic hydroxyl groups is 1. The lowest BCUT2D eigenvalue weighted by Crippen LogP contribution is -2.29. The Labute approximate surface area is 228 Å². The van der Waals surface area contributed by atoms with Crippen LogP contribution in [0.3, 0.4) is 0 Å². The molecule has 8 heteroatoms. The topological polar surface area (TPSA) is 94.5 Å². The van der Waals surface area contributed by atoms with Crippen LogP contribution in [-0.2, 0) is 9.59 Å². The zero-order chi connectivity index (χ0) is 28.4. The van der Waals surface area contributed by atoms with Gasteiger partial charge in [-0.1, -0.05) is 12.1 Å². The van der Waals surface area contributed by atoms with Crippen molar-refractivity contribution in [1.82, 2.24) is 0 Å². The summed E-state index contributed by atoms with van der Waals surface area (Å²) in [6.07, 6.45) is -0.0252. The van der Waals surface area contributed by atoms with Gasteiger partial charge in [0.1, 0.15) is 11.5 Å². The summed E-state index contributed by atoms with van der Waals surface area (Å²) in [5.41, 5.74) is 3.06. The number of hydrogen-bond acceptors (Lipinski definition) is 7. The molecular formula is C31H33NO7. The Kier molecular flexibility index (Phi) is 7.85. The van der Waals surface area contributed by atoms with E-state index in [1.165, 1.54) is 26.2 Å². The SMILES string of the molecule is COc1cc(C2/C(=C(\O)c3ccc(OC(C)C)c(C)c3)C(=O)C(=O)N2c2cccc(C)c2)cc(OC)c1OC. The number of amides is 1. The van der Waals surface area contributed by atoms with E-state index in [1.54, 1.807) is 36.4 Å². The van der Waals surface area contributed by atoms with Crippen LogP contribution in [0.2, 0.25) is 0 Å². The monoisotopic (exact) mass is 531 g/mol. The average molecular weight is 532 g/mol. The molecule has 0 aliphatic carbocycles. The summed E-state index contributed by atoms with van der Waals surface area (Å²) in [6, 6.07) is 14.8. The molecule has 0 radical (unpaired) electrons. The van der Waals surface area contributed by atoms with E-state index in [4.69, 9.17) is 18.9 Å². The molecule has 3 aromatic carbocycles. The highest BCUT2D eigenvalue weighted by molar-refractivity contribution is 6.51.